The van der Waals surface area contributed by atoms with E-state index in [0.29, 0.717) is 11.1 Å². The van der Waals surface area contributed by atoms with Crippen molar-refractivity contribution in [2.75, 3.05) is 5.32 Å². The second-order valence-corrected chi connectivity index (χ2v) is 7.05. The molecule has 0 aliphatic heterocycles. The Bertz CT molecular complexity index is 761. The molecule has 0 spiro atoms. The van der Waals surface area contributed by atoms with E-state index in [0.717, 1.165) is 37.3 Å². The maximum atomic E-state index is 13.2. The molecule has 1 amide bonds. The highest BCUT2D eigenvalue weighted by atomic mass is 32.2. The average molecular weight is 352 g/mol. The van der Waals surface area contributed by atoms with Gasteiger partial charge in [0.05, 0.1) is 5.25 Å². The van der Waals surface area contributed by atoms with Crippen molar-refractivity contribution in [1.82, 2.24) is 14.8 Å². The van der Waals surface area contributed by atoms with Crippen LogP contribution < -0.4 is 5.32 Å². The highest BCUT2D eigenvalue weighted by Crippen LogP contribution is 2.40. The van der Waals surface area contributed by atoms with Gasteiger partial charge in [-0.05, 0) is 38.8 Å². The number of carbonyl (C=O) groups is 1. The summed E-state index contributed by atoms with van der Waals surface area (Å²) in [4.78, 5) is 12.3. The summed E-state index contributed by atoms with van der Waals surface area (Å²) in [5, 5.41) is 11.3. The minimum Gasteiger partial charge on any atom is -0.325 e. The number of thioether (sulfide) groups is 1. The van der Waals surface area contributed by atoms with Crippen molar-refractivity contribution in [3.63, 3.8) is 0 Å². The maximum absolute atomic E-state index is 13.2. The summed E-state index contributed by atoms with van der Waals surface area (Å²) in [5.41, 5.74) is 0.224. The Kier molecular flexibility index (Phi) is 4.84. The molecular formula is C16H18F2N4OS. The first-order valence-electron chi connectivity index (χ1n) is 7.85. The zero-order chi connectivity index (χ0) is 17.3. The highest BCUT2D eigenvalue weighted by molar-refractivity contribution is 8.00. The molecule has 1 aromatic heterocycles. The third-order valence-corrected chi connectivity index (χ3v) is 4.92. The number of nitrogens with zero attached hydrogens (tertiary/aromatic N) is 3. The van der Waals surface area contributed by atoms with Gasteiger partial charge in [0.1, 0.15) is 5.82 Å². The minimum absolute atomic E-state index is 0.224. The Morgan fingerprint density at radius 3 is 2.75 bits per heavy atom. The van der Waals surface area contributed by atoms with Crippen molar-refractivity contribution in [3.05, 3.63) is 35.7 Å². The molecule has 128 valence electrons. The van der Waals surface area contributed by atoms with Crippen molar-refractivity contribution < 1.29 is 13.6 Å². The van der Waals surface area contributed by atoms with Crippen LogP contribution in [0.3, 0.4) is 0 Å². The zero-order valence-electron chi connectivity index (χ0n) is 13.4. The van der Waals surface area contributed by atoms with Gasteiger partial charge < -0.3 is 9.88 Å². The van der Waals surface area contributed by atoms with E-state index in [1.807, 2.05) is 11.5 Å². The van der Waals surface area contributed by atoms with Gasteiger partial charge in [-0.2, -0.15) is 0 Å². The molecule has 1 aromatic carbocycles. The van der Waals surface area contributed by atoms with Gasteiger partial charge in [0.15, 0.2) is 16.8 Å². The number of nitrogens with one attached hydrogen (secondary N) is 1. The Labute approximate surface area is 142 Å². The first-order chi connectivity index (χ1) is 11.5. The van der Waals surface area contributed by atoms with E-state index in [2.05, 4.69) is 15.5 Å². The van der Waals surface area contributed by atoms with Crippen molar-refractivity contribution >= 4 is 23.4 Å². The first-order valence-corrected chi connectivity index (χ1v) is 8.73. The molecule has 8 heteroatoms. The summed E-state index contributed by atoms with van der Waals surface area (Å²) >= 11 is 1.30. The third-order valence-electron chi connectivity index (χ3n) is 3.84. The van der Waals surface area contributed by atoms with Crippen LogP contribution in [0.15, 0.2) is 23.4 Å². The fourth-order valence-corrected chi connectivity index (χ4v) is 3.28. The smallest absolute Gasteiger partial charge is 0.237 e. The van der Waals surface area contributed by atoms with Crippen molar-refractivity contribution in [2.24, 2.45) is 0 Å². The molecule has 1 N–H and O–H groups in total. The van der Waals surface area contributed by atoms with E-state index in [1.165, 1.54) is 17.8 Å². The molecule has 1 heterocycles. The topological polar surface area (TPSA) is 59.8 Å². The van der Waals surface area contributed by atoms with Crippen LogP contribution in [0.1, 0.15) is 38.4 Å². The molecule has 0 saturated heterocycles. The van der Waals surface area contributed by atoms with Crippen LogP contribution in [0.5, 0.6) is 0 Å². The molecule has 1 atom stereocenters. The molecule has 1 aliphatic rings. The Morgan fingerprint density at radius 1 is 1.38 bits per heavy atom. The van der Waals surface area contributed by atoms with Gasteiger partial charge >= 0.3 is 0 Å². The third kappa shape index (κ3) is 3.58. The van der Waals surface area contributed by atoms with Crippen LogP contribution in [-0.4, -0.2) is 25.9 Å². The van der Waals surface area contributed by atoms with Gasteiger partial charge in [0.25, 0.3) is 0 Å². The van der Waals surface area contributed by atoms with Crippen LogP contribution in [0.4, 0.5) is 14.5 Å². The Morgan fingerprint density at radius 2 is 2.12 bits per heavy atom. The monoisotopic (exact) mass is 352 g/mol. The Hall–Kier alpha value is -1.96. The van der Waals surface area contributed by atoms with E-state index in [-0.39, 0.29) is 11.6 Å². The second kappa shape index (κ2) is 6.88. The lowest BCUT2D eigenvalue weighted by Gasteiger charge is -2.13. The van der Waals surface area contributed by atoms with Crippen molar-refractivity contribution in [3.8, 4) is 0 Å². The van der Waals surface area contributed by atoms with Crippen molar-refractivity contribution in [1.29, 1.82) is 0 Å². The van der Waals surface area contributed by atoms with E-state index in [1.54, 1.807) is 6.92 Å². The van der Waals surface area contributed by atoms with Crippen LogP contribution in [0, 0.1) is 11.6 Å². The highest BCUT2D eigenvalue weighted by Gasteiger charge is 2.30. The predicted molar refractivity (Wildman–Crippen MR) is 88.0 cm³/mol. The SMILES string of the molecule is CCn1c(S[C@@H](C)C(=O)Nc2ccc(F)c(F)c2)nnc1C1CC1. The number of amides is 1. The van der Waals surface area contributed by atoms with Crippen molar-refractivity contribution in [2.45, 2.75) is 49.6 Å². The molecular weight excluding hydrogens is 334 g/mol. The standard InChI is InChI=1S/C16H18F2N4OS/c1-3-22-14(10-4-5-10)20-21-16(22)24-9(2)15(23)19-11-6-7-12(17)13(18)8-11/h6-10H,3-5H2,1-2H3,(H,19,23)/t9-/m0/s1. The quantitative estimate of drug-likeness (QED) is 0.808. The molecule has 0 bridgehead atoms. The molecule has 1 aliphatic carbocycles. The molecule has 0 radical (unpaired) electrons. The van der Waals surface area contributed by atoms with Gasteiger partial charge in [-0.15, -0.1) is 10.2 Å². The number of rotatable bonds is 6. The van der Waals surface area contributed by atoms with Crippen LogP contribution in [0.25, 0.3) is 0 Å². The van der Waals surface area contributed by atoms with Crippen LogP contribution in [0.2, 0.25) is 0 Å². The maximum Gasteiger partial charge on any atom is 0.237 e. The summed E-state index contributed by atoms with van der Waals surface area (Å²) in [6.07, 6.45) is 2.27. The number of hydrogen-bond acceptors (Lipinski definition) is 4. The summed E-state index contributed by atoms with van der Waals surface area (Å²) in [6, 6.07) is 3.27. The van der Waals surface area contributed by atoms with Gasteiger partial charge in [0, 0.05) is 24.2 Å². The van der Waals surface area contributed by atoms with Gasteiger partial charge in [-0.25, -0.2) is 8.78 Å². The number of carbonyl (C=O) groups excluding carboxylic acids is 1. The molecule has 1 saturated carbocycles. The first kappa shape index (κ1) is 16.9. The lowest BCUT2D eigenvalue weighted by molar-refractivity contribution is -0.115. The number of benzene rings is 1. The molecule has 3 rings (SSSR count). The van der Waals surface area contributed by atoms with Gasteiger partial charge in [0.2, 0.25) is 5.91 Å². The lowest BCUT2D eigenvalue weighted by atomic mass is 10.3. The number of hydrogen-bond donors (Lipinski definition) is 1. The van der Waals surface area contributed by atoms with E-state index in [9.17, 15) is 13.6 Å². The predicted octanol–water partition coefficient (Wildman–Crippen LogP) is 3.57. The summed E-state index contributed by atoms with van der Waals surface area (Å²) in [7, 11) is 0. The van der Waals surface area contributed by atoms with Gasteiger partial charge in [-0.3, -0.25) is 4.79 Å². The van der Waals surface area contributed by atoms with Gasteiger partial charge in [-0.1, -0.05) is 11.8 Å². The Balaban J connectivity index is 1.66. The summed E-state index contributed by atoms with van der Waals surface area (Å²) in [5.74, 6) is -0.775. The number of aromatic nitrogens is 3. The van der Waals surface area contributed by atoms with E-state index in [4.69, 9.17) is 0 Å². The van der Waals surface area contributed by atoms with Crippen LogP contribution in [-0.2, 0) is 11.3 Å². The fourth-order valence-electron chi connectivity index (χ4n) is 2.36. The molecule has 0 unspecified atom stereocenters. The number of halogens is 2. The molecule has 24 heavy (non-hydrogen) atoms. The molecule has 5 nitrogen and oxygen atoms in total. The van der Waals surface area contributed by atoms with E-state index < -0.39 is 16.9 Å². The molecule has 2 aromatic rings. The summed E-state index contributed by atoms with van der Waals surface area (Å²) < 4.78 is 28.2. The second-order valence-electron chi connectivity index (χ2n) is 5.74. The minimum atomic E-state index is -0.993. The molecule has 1 fully saturated rings. The normalized spacial score (nSPS) is 15.3. The summed E-state index contributed by atoms with van der Waals surface area (Å²) in [6.45, 7) is 4.51. The lowest BCUT2D eigenvalue weighted by Crippen LogP contribution is -2.23. The van der Waals surface area contributed by atoms with Crippen LogP contribution >= 0.6 is 11.8 Å². The fraction of sp³-hybridized carbons (Fsp3) is 0.438. The van der Waals surface area contributed by atoms with E-state index >= 15 is 0 Å². The largest absolute Gasteiger partial charge is 0.325 e. The zero-order valence-corrected chi connectivity index (χ0v) is 14.2. The average Bonchev–Trinajstić information content (AvgIpc) is 3.32. The number of anilines is 1.